The third-order valence-electron chi connectivity index (χ3n) is 2.55. The number of carbonyl (C=O) groups excluding carboxylic acids is 3. The highest BCUT2D eigenvalue weighted by molar-refractivity contribution is 5.93. The van der Waals surface area contributed by atoms with Crippen molar-refractivity contribution in [3.05, 3.63) is 35.9 Å². The zero-order chi connectivity index (χ0) is 15.0. The number of nitrogens with two attached hydrogens (primary N) is 2. The normalized spacial score (nSPS) is 10.9. The summed E-state index contributed by atoms with van der Waals surface area (Å²) in [5.41, 5.74) is 11.5. The van der Waals surface area contributed by atoms with Gasteiger partial charge in [0.2, 0.25) is 11.8 Å². The lowest BCUT2D eigenvalue weighted by Crippen LogP contribution is -2.43. The van der Waals surface area contributed by atoms with Gasteiger partial charge in [-0.2, -0.15) is 0 Å². The summed E-state index contributed by atoms with van der Waals surface area (Å²) in [6, 6.07) is 7.79. The first-order valence-electron chi connectivity index (χ1n) is 6.15. The van der Waals surface area contributed by atoms with E-state index in [9.17, 15) is 14.4 Å². The molecule has 6 N–H and O–H groups in total. The van der Waals surface area contributed by atoms with Crippen molar-refractivity contribution in [1.82, 2.24) is 10.6 Å². The number of nitrogens with one attached hydrogen (secondary N) is 2. The lowest BCUT2D eigenvalue weighted by molar-refractivity contribution is -0.122. The van der Waals surface area contributed by atoms with Crippen molar-refractivity contribution < 1.29 is 14.4 Å². The molecule has 1 rings (SSSR count). The molecule has 0 radical (unpaired) electrons. The Hall–Kier alpha value is -2.12. The van der Waals surface area contributed by atoms with E-state index in [1.54, 1.807) is 0 Å². The van der Waals surface area contributed by atoms with Gasteiger partial charge in [-0.25, -0.2) is 4.79 Å². The van der Waals surface area contributed by atoms with Crippen molar-refractivity contribution in [3.8, 4) is 0 Å². The molecule has 0 bridgehead atoms. The van der Waals surface area contributed by atoms with Gasteiger partial charge in [0, 0.05) is 13.0 Å². The van der Waals surface area contributed by atoms with Gasteiger partial charge >= 0.3 is 6.03 Å². The summed E-state index contributed by atoms with van der Waals surface area (Å²) < 4.78 is 0. The zero-order valence-electron chi connectivity index (χ0n) is 11.4. The number of primary amides is 1. The van der Waals surface area contributed by atoms with Gasteiger partial charge in [0.1, 0.15) is 0 Å². The Kier molecular flexibility index (Phi) is 8.75. The molecule has 0 fully saturated rings. The molecule has 0 saturated carbocycles. The SMILES string of the molecule is Cl.NC(=O)NC(=O)CCNC(=O)[C@@H](N)Cc1ccccc1. The summed E-state index contributed by atoms with van der Waals surface area (Å²) in [5.74, 6) is -0.893. The summed E-state index contributed by atoms with van der Waals surface area (Å²) in [6.45, 7) is 0.0977. The van der Waals surface area contributed by atoms with Gasteiger partial charge in [0.05, 0.1) is 6.04 Å². The molecule has 7 nitrogen and oxygen atoms in total. The third-order valence-corrected chi connectivity index (χ3v) is 2.55. The minimum atomic E-state index is -0.915. The molecule has 0 aromatic heterocycles. The van der Waals surface area contributed by atoms with Crippen molar-refractivity contribution in [1.29, 1.82) is 0 Å². The summed E-state index contributed by atoms with van der Waals surface area (Å²) in [6.07, 6.45) is 0.382. The molecule has 0 aliphatic rings. The molecule has 1 aromatic rings. The molecular formula is C13H19ClN4O3. The number of carbonyl (C=O) groups is 3. The van der Waals surface area contributed by atoms with Crippen LogP contribution in [-0.4, -0.2) is 30.4 Å². The van der Waals surface area contributed by atoms with Crippen LogP contribution in [0.15, 0.2) is 30.3 Å². The van der Waals surface area contributed by atoms with Gasteiger partial charge in [-0.1, -0.05) is 30.3 Å². The van der Waals surface area contributed by atoms with E-state index < -0.39 is 18.0 Å². The molecular weight excluding hydrogens is 296 g/mol. The topological polar surface area (TPSA) is 127 Å². The highest BCUT2D eigenvalue weighted by atomic mass is 35.5. The first-order chi connectivity index (χ1) is 9.49. The zero-order valence-corrected chi connectivity index (χ0v) is 12.2. The van der Waals surface area contributed by atoms with Crippen molar-refractivity contribution in [2.75, 3.05) is 6.54 Å². The second-order valence-electron chi connectivity index (χ2n) is 4.25. The molecule has 0 saturated heterocycles. The van der Waals surface area contributed by atoms with Crippen LogP contribution in [0.4, 0.5) is 4.79 Å². The largest absolute Gasteiger partial charge is 0.354 e. The second-order valence-corrected chi connectivity index (χ2v) is 4.25. The molecule has 21 heavy (non-hydrogen) atoms. The molecule has 1 aromatic carbocycles. The van der Waals surface area contributed by atoms with E-state index in [0.29, 0.717) is 6.42 Å². The number of rotatable bonds is 6. The van der Waals surface area contributed by atoms with E-state index in [1.807, 2.05) is 35.6 Å². The van der Waals surface area contributed by atoms with Gasteiger partial charge in [-0.05, 0) is 12.0 Å². The number of imide groups is 1. The van der Waals surface area contributed by atoms with Crippen LogP contribution in [-0.2, 0) is 16.0 Å². The molecule has 0 spiro atoms. The van der Waals surface area contributed by atoms with Crippen LogP contribution in [0.2, 0.25) is 0 Å². The molecule has 0 aliphatic carbocycles. The van der Waals surface area contributed by atoms with Crippen LogP contribution >= 0.6 is 12.4 Å². The van der Waals surface area contributed by atoms with Gasteiger partial charge in [0.15, 0.2) is 0 Å². The van der Waals surface area contributed by atoms with Crippen LogP contribution in [0.3, 0.4) is 0 Å². The lowest BCUT2D eigenvalue weighted by Gasteiger charge is -2.12. The molecule has 8 heteroatoms. The van der Waals surface area contributed by atoms with Crippen LogP contribution in [0.1, 0.15) is 12.0 Å². The molecule has 116 valence electrons. The molecule has 0 aliphatic heterocycles. The Morgan fingerprint density at radius 1 is 1.14 bits per heavy atom. The second kappa shape index (κ2) is 9.73. The fourth-order valence-corrected chi connectivity index (χ4v) is 1.59. The highest BCUT2D eigenvalue weighted by Gasteiger charge is 2.14. The Labute approximate surface area is 128 Å². The van der Waals surface area contributed by atoms with E-state index in [0.717, 1.165) is 5.56 Å². The maximum Gasteiger partial charge on any atom is 0.318 e. The van der Waals surface area contributed by atoms with Crippen LogP contribution in [0, 0.1) is 0 Å². The summed E-state index contributed by atoms with van der Waals surface area (Å²) in [7, 11) is 0. The van der Waals surface area contributed by atoms with Gasteiger partial charge in [-0.3, -0.25) is 14.9 Å². The third kappa shape index (κ3) is 7.91. The quantitative estimate of drug-likeness (QED) is 0.573. The number of halogens is 1. The van der Waals surface area contributed by atoms with E-state index in [-0.39, 0.29) is 31.3 Å². The Morgan fingerprint density at radius 2 is 1.76 bits per heavy atom. The smallest absolute Gasteiger partial charge is 0.318 e. The van der Waals surface area contributed by atoms with Crippen LogP contribution < -0.4 is 22.1 Å². The number of hydrogen-bond acceptors (Lipinski definition) is 4. The number of benzene rings is 1. The first kappa shape index (κ1) is 18.9. The Balaban J connectivity index is 0.00000400. The van der Waals surface area contributed by atoms with Crippen molar-refractivity contribution >= 4 is 30.3 Å². The van der Waals surface area contributed by atoms with Crippen molar-refractivity contribution in [3.63, 3.8) is 0 Å². The maximum absolute atomic E-state index is 11.7. The highest BCUT2D eigenvalue weighted by Crippen LogP contribution is 2.01. The van der Waals surface area contributed by atoms with Gasteiger partial charge < -0.3 is 16.8 Å². The average Bonchev–Trinajstić information content (AvgIpc) is 2.38. The van der Waals surface area contributed by atoms with Crippen LogP contribution in [0.5, 0.6) is 0 Å². The maximum atomic E-state index is 11.7. The first-order valence-corrected chi connectivity index (χ1v) is 6.15. The lowest BCUT2D eigenvalue weighted by atomic mass is 10.1. The molecule has 4 amide bonds. The Bertz CT molecular complexity index is 482. The van der Waals surface area contributed by atoms with Crippen LogP contribution in [0.25, 0.3) is 0 Å². The number of urea groups is 1. The number of hydrogen-bond donors (Lipinski definition) is 4. The summed E-state index contributed by atoms with van der Waals surface area (Å²) in [5, 5.41) is 4.43. The van der Waals surface area contributed by atoms with E-state index in [4.69, 9.17) is 11.5 Å². The summed E-state index contributed by atoms with van der Waals surface area (Å²) >= 11 is 0. The molecule has 0 unspecified atom stereocenters. The summed E-state index contributed by atoms with van der Waals surface area (Å²) in [4.78, 5) is 33.2. The van der Waals surface area contributed by atoms with Gasteiger partial charge in [-0.15, -0.1) is 12.4 Å². The molecule has 1 atom stereocenters. The standard InChI is InChI=1S/C13H18N4O3.ClH/c14-10(8-9-4-2-1-3-5-9)12(19)16-7-6-11(18)17-13(15)20;/h1-5,10H,6-8,14H2,(H,16,19)(H3,15,17,18,20);1H/t10-;/m0./s1. The van der Waals surface area contributed by atoms with Gasteiger partial charge in [0.25, 0.3) is 0 Å². The number of amides is 4. The fourth-order valence-electron chi connectivity index (χ4n) is 1.59. The molecule has 0 heterocycles. The Morgan fingerprint density at radius 3 is 2.33 bits per heavy atom. The predicted octanol–water partition coefficient (Wildman–Crippen LogP) is -0.321. The monoisotopic (exact) mass is 314 g/mol. The average molecular weight is 315 g/mol. The van der Waals surface area contributed by atoms with Crippen molar-refractivity contribution in [2.45, 2.75) is 18.9 Å². The minimum absolute atomic E-state index is 0. The predicted molar refractivity (Wildman–Crippen MR) is 80.7 cm³/mol. The minimum Gasteiger partial charge on any atom is -0.354 e. The fraction of sp³-hybridized carbons (Fsp3) is 0.308. The van der Waals surface area contributed by atoms with E-state index in [1.165, 1.54) is 0 Å². The van der Waals surface area contributed by atoms with E-state index in [2.05, 4.69) is 5.32 Å². The van der Waals surface area contributed by atoms with Crippen molar-refractivity contribution in [2.24, 2.45) is 11.5 Å². The van der Waals surface area contributed by atoms with E-state index >= 15 is 0 Å².